The average molecular weight is 261 g/mol. The monoisotopic (exact) mass is 260 g/mol. The van der Waals surface area contributed by atoms with Crippen LogP contribution in [0.25, 0.3) is 0 Å². The Hall–Kier alpha value is -0.290. The van der Waals surface area contributed by atoms with Crippen molar-refractivity contribution in [3.05, 3.63) is 29.0 Å². The predicted molar refractivity (Wildman–Crippen MR) is 68.7 cm³/mol. The highest BCUT2D eigenvalue weighted by atomic mass is 35.5. The van der Waals surface area contributed by atoms with Crippen molar-refractivity contribution >= 4 is 23.0 Å². The minimum Gasteiger partial charge on any atom is -0.598 e. The second kappa shape index (κ2) is 5.36. The smallest absolute Gasteiger partial charge is 0.136 e. The lowest BCUT2D eigenvalue weighted by Gasteiger charge is -2.26. The predicted octanol–water partition coefficient (Wildman–Crippen LogP) is 2.85. The van der Waals surface area contributed by atoms with Crippen molar-refractivity contribution < 1.29 is 4.55 Å². The maximum atomic E-state index is 11.9. The van der Waals surface area contributed by atoms with E-state index >= 15 is 0 Å². The number of nitrogens with one attached hydrogen (secondary N) is 1. The molecule has 1 rings (SSSR count). The molecule has 0 aliphatic carbocycles. The first-order valence-electron chi connectivity index (χ1n) is 5.10. The van der Waals surface area contributed by atoms with E-state index in [1.54, 1.807) is 12.3 Å². The molecule has 5 heteroatoms. The van der Waals surface area contributed by atoms with E-state index in [1.165, 1.54) is 0 Å². The van der Waals surface area contributed by atoms with Gasteiger partial charge < -0.3 is 4.55 Å². The standard InChI is InChI=1S/C11H17ClN2OS/c1-8(14-16(15)11(2,3)4)9-5-6-13-10(12)7-9/h5-8,14H,1-4H3/t8?,16-/m0/s1. The summed E-state index contributed by atoms with van der Waals surface area (Å²) in [5.74, 6) is 0. The first kappa shape index (κ1) is 13.8. The van der Waals surface area contributed by atoms with E-state index in [2.05, 4.69) is 9.71 Å². The molecule has 0 amide bonds. The number of halogens is 1. The molecule has 90 valence electrons. The second-order valence-electron chi connectivity index (χ2n) is 4.63. The number of nitrogens with zero attached hydrogens (tertiary/aromatic N) is 1. The lowest BCUT2D eigenvalue weighted by molar-refractivity contribution is 0.531. The summed E-state index contributed by atoms with van der Waals surface area (Å²) in [7, 11) is 0. The summed E-state index contributed by atoms with van der Waals surface area (Å²) in [6, 6.07) is 3.63. The van der Waals surface area contributed by atoms with Crippen LogP contribution in [-0.4, -0.2) is 14.3 Å². The molecule has 1 N–H and O–H groups in total. The van der Waals surface area contributed by atoms with Crippen LogP contribution in [0.2, 0.25) is 5.15 Å². The van der Waals surface area contributed by atoms with Crippen LogP contribution in [0.5, 0.6) is 0 Å². The van der Waals surface area contributed by atoms with Gasteiger partial charge in [-0.2, -0.15) is 0 Å². The summed E-state index contributed by atoms with van der Waals surface area (Å²) in [6.07, 6.45) is 1.65. The van der Waals surface area contributed by atoms with Gasteiger partial charge in [-0.15, -0.1) is 4.72 Å². The van der Waals surface area contributed by atoms with E-state index in [0.29, 0.717) is 5.15 Å². The van der Waals surface area contributed by atoms with Crippen molar-refractivity contribution in [2.75, 3.05) is 0 Å². The number of hydrogen-bond acceptors (Lipinski definition) is 3. The van der Waals surface area contributed by atoms with Crippen molar-refractivity contribution in [2.45, 2.75) is 38.5 Å². The SMILES string of the molecule is CC(N[S@@+]([O-])C(C)(C)C)c1ccnc(Cl)c1. The summed E-state index contributed by atoms with van der Waals surface area (Å²) < 4.78 is 14.7. The van der Waals surface area contributed by atoms with Crippen LogP contribution >= 0.6 is 11.6 Å². The third-order valence-electron chi connectivity index (χ3n) is 2.09. The fourth-order valence-corrected chi connectivity index (χ4v) is 2.09. The number of pyridine rings is 1. The number of rotatable bonds is 3. The molecule has 0 saturated carbocycles. The van der Waals surface area contributed by atoms with E-state index in [4.69, 9.17) is 11.6 Å². The quantitative estimate of drug-likeness (QED) is 0.672. The molecule has 1 aromatic heterocycles. The molecule has 0 bridgehead atoms. The number of hydrogen-bond donors (Lipinski definition) is 1. The maximum Gasteiger partial charge on any atom is 0.136 e. The molecular weight excluding hydrogens is 244 g/mol. The highest BCUT2D eigenvalue weighted by molar-refractivity contribution is 7.90. The fraction of sp³-hybridized carbons (Fsp3) is 0.545. The highest BCUT2D eigenvalue weighted by Gasteiger charge is 2.28. The molecule has 0 fully saturated rings. The summed E-state index contributed by atoms with van der Waals surface area (Å²) in [6.45, 7) is 7.75. The zero-order chi connectivity index (χ0) is 12.3. The van der Waals surface area contributed by atoms with Gasteiger partial charge in [0.2, 0.25) is 0 Å². The first-order chi connectivity index (χ1) is 7.30. The van der Waals surface area contributed by atoms with Crippen LogP contribution in [0.1, 0.15) is 39.3 Å². The third-order valence-corrected chi connectivity index (χ3v) is 3.98. The Morgan fingerprint density at radius 3 is 2.62 bits per heavy atom. The molecule has 1 heterocycles. The van der Waals surface area contributed by atoms with Gasteiger partial charge in [0.1, 0.15) is 9.90 Å². The molecule has 0 aliphatic heterocycles. The fourth-order valence-electron chi connectivity index (χ4n) is 1.09. The Balaban J connectivity index is 2.69. The van der Waals surface area contributed by atoms with Gasteiger partial charge in [0.25, 0.3) is 0 Å². The van der Waals surface area contributed by atoms with Crippen LogP contribution < -0.4 is 4.72 Å². The molecule has 2 atom stereocenters. The van der Waals surface area contributed by atoms with E-state index in [1.807, 2.05) is 33.8 Å². The van der Waals surface area contributed by atoms with Gasteiger partial charge in [0.05, 0.1) is 6.04 Å². The van der Waals surface area contributed by atoms with Gasteiger partial charge >= 0.3 is 0 Å². The maximum absolute atomic E-state index is 11.9. The van der Waals surface area contributed by atoms with Gasteiger partial charge in [-0.3, -0.25) is 0 Å². The lowest BCUT2D eigenvalue weighted by atomic mass is 10.1. The third kappa shape index (κ3) is 3.94. The van der Waals surface area contributed by atoms with E-state index in [0.717, 1.165) is 5.56 Å². The largest absolute Gasteiger partial charge is 0.598 e. The molecular formula is C11H17ClN2OS. The zero-order valence-corrected chi connectivity index (χ0v) is 11.5. The summed E-state index contributed by atoms with van der Waals surface area (Å²) in [5.41, 5.74) is 0.984. The summed E-state index contributed by atoms with van der Waals surface area (Å²) in [4.78, 5) is 3.91. The van der Waals surface area contributed by atoms with Gasteiger partial charge in [-0.1, -0.05) is 11.6 Å². The Morgan fingerprint density at radius 2 is 2.12 bits per heavy atom. The Labute approximate surface area is 105 Å². The molecule has 3 nitrogen and oxygen atoms in total. The first-order valence-corrected chi connectivity index (χ1v) is 6.63. The molecule has 0 radical (unpaired) electrons. The van der Waals surface area contributed by atoms with Crippen LogP contribution in [0.3, 0.4) is 0 Å². The van der Waals surface area contributed by atoms with E-state index < -0.39 is 11.4 Å². The average Bonchev–Trinajstić information content (AvgIpc) is 2.16. The lowest BCUT2D eigenvalue weighted by Crippen LogP contribution is -2.40. The van der Waals surface area contributed by atoms with Crippen LogP contribution in [0, 0.1) is 0 Å². The van der Waals surface area contributed by atoms with Crippen LogP contribution in [0.15, 0.2) is 18.3 Å². The summed E-state index contributed by atoms with van der Waals surface area (Å²) in [5, 5.41) is 0.452. The van der Waals surface area contributed by atoms with Crippen LogP contribution in [0.4, 0.5) is 0 Å². The molecule has 0 aromatic carbocycles. The Bertz CT molecular complexity index is 354. The molecule has 16 heavy (non-hydrogen) atoms. The van der Waals surface area contributed by atoms with E-state index in [-0.39, 0.29) is 10.8 Å². The van der Waals surface area contributed by atoms with Gasteiger partial charge in [-0.25, -0.2) is 4.98 Å². The van der Waals surface area contributed by atoms with Gasteiger partial charge in [0, 0.05) is 17.6 Å². The molecule has 0 aliphatic rings. The number of aromatic nitrogens is 1. The Morgan fingerprint density at radius 1 is 1.50 bits per heavy atom. The molecule has 0 spiro atoms. The zero-order valence-electron chi connectivity index (χ0n) is 9.95. The molecule has 0 saturated heterocycles. The van der Waals surface area contributed by atoms with Gasteiger partial charge in [0.15, 0.2) is 0 Å². The highest BCUT2D eigenvalue weighted by Crippen LogP contribution is 2.20. The minimum absolute atomic E-state index is 0.0134. The van der Waals surface area contributed by atoms with Gasteiger partial charge in [-0.05, 0) is 45.4 Å². The van der Waals surface area contributed by atoms with Crippen LogP contribution in [-0.2, 0) is 11.4 Å². The van der Waals surface area contributed by atoms with Crippen molar-refractivity contribution in [2.24, 2.45) is 0 Å². The topological polar surface area (TPSA) is 48.0 Å². The van der Waals surface area contributed by atoms with E-state index in [9.17, 15) is 4.55 Å². The Kier molecular flexibility index (Phi) is 4.62. The molecule has 1 unspecified atom stereocenters. The normalized spacial score (nSPS) is 15.9. The molecule has 1 aromatic rings. The van der Waals surface area contributed by atoms with Crippen molar-refractivity contribution in [1.29, 1.82) is 0 Å². The van der Waals surface area contributed by atoms with Crippen molar-refractivity contribution in [1.82, 2.24) is 9.71 Å². The second-order valence-corrected chi connectivity index (χ2v) is 7.02. The minimum atomic E-state index is -1.09. The summed E-state index contributed by atoms with van der Waals surface area (Å²) >= 11 is 4.71. The van der Waals surface area contributed by atoms with Crippen molar-refractivity contribution in [3.63, 3.8) is 0 Å². The van der Waals surface area contributed by atoms with Crippen molar-refractivity contribution in [3.8, 4) is 0 Å².